The number of fused-ring (bicyclic) bond motifs is 1. The molecule has 3 aromatic heterocycles. The molecule has 0 saturated carbocycles. The molecule has 0 aliphatic heterocycles. The van der Waals surface area contributed by atoms with Gasteiger partial charge in [-0.15, -0.1) is 11.3 Å². The van der Waals surface area contributed by atoms with Gasteiger partial charge in [-0.1, -0.05) is 30.3 Å². The fraction of sp³-hybridized carbons (Fsp3) is 0.143. The molecule has 4 aromatic rings. The standard InChI is InChI=1S/C21H19BrN4O2S/c22-16-17(28-13(11-23)10-12-4-2-1-3-5-12)19(20(24)27)29-18(16)14-6-8-25-21-15(14)7-9-26-21/h1-9,13H,10-11,23H2,(H2,24,27)(H,25,26). The van der Waals surface area contributed by atoms with Crippen molar-refractivity contribution in [2.75, 3.05) is 6.54 Å². The second-order valence-electron chi connectivity index (χ2n) is 6.53. The molecule has 1 aromatic carbocycles. The molecular formula is C21H19BrN4O2S. The third-order valence-electron chi connectivity index (χ3n) is 4.59. The van der Waals surface area contributed by atoms with E-state index in [-0.39, 0.29) is 6.10 Å². The Morgan fingerprint density at radius 1 is 1.24 bits per heavy atom. The highest BCUT2D eigenvalue weighted by Crippen LogP contribution is 2.47. The molecule has 0 aliphatic carbocycles. The molecule has 0 spiro atoms. The number of hydrogen-bond donors (Lipinski definition) is 3. The van der Waals surface area contributed by atoms with Crippen LogP contribution in [0, 0.1) is 0 Å². The number of carbonyl (C=O) groups excluding carboxylic acids is 1. The van der Waals surface area contributed by atoms with Crippen LogP contribution in [0.2, 0.25) is 0 Å². The summed E-state index contributed by atoms with van der Waals surface area (Å²) in [5.41, 5.74) is 14.4. The Labute approximate surface area is 180 Å². The van der Waals surface area contributed by atoms with Crippen LogP contribution in [0.5, 0.6) is 5.75 Å². The van der Waals surface area contributed by atoms with Crippen LogP contribution in [0.4, 0.5) is 0 Å². The molecule has 29 heavy (non-hydrogen) atoms. The smallest absolute Gasteiger partial charge is 0.262 e. The van der Waals surface area contributed by atoms with Crippen LogP contribution < -0.4 is 16.2 Å². The first-order valence-corrected chi connectivity index (χ1v) is 10.6. The number of primary amides is 1. The predicted octanol–water partition coefficient (Wildman–Crippen LogP) is 4.10. The summed E-state index contributed by atoms with van der Waals surface area (Å²) in [6.07, 6.45) is 3.89. The Morgan fingerprint density at radius 2 is 2.03 bits per heavy atom. The number of ether oxygens (including phenoxy) is 1. The second-order valence-corrected chi connectivity index (χ2v) is 8.35. The fourth-order valence-corrected chi connectivity index (χ4v) is 5.11. The zero-order valence-corrected chi connectivity index (χ0v) is 17.8. The van der Waals surface area contributed by atoms with Crippen molar-refractivity contribution in [1.29, 1.82) is 0 Å². The van der Waals surface area contributed by atoms with Crippen LogP contribution in [0.3, 0.4) is 0 Å². The highest BCUT2D eigenvalue weighted by atomic mass is 79.9. The van der Waals surface area contributed by atoms with Crippen molar-refractivity contribution in [2.45, 2.75) is 12.5 Å². The summed E-state index contributed by atoms with van der Waals surface area (Å²) >= 11 is 4.93. The molecule has 0 fully saturated rings. The van der Waals surface area contributed by atoms with Crippen molar-refractivity contribution < 1.29 is 9.53 Å². The van der Waals surface area contributed by atoms with Crippen LogP contribution in [0.25, 0.3) is 21.5 Å². The van der Waals surface area contributed by atoms with Crippen LogP contribution in [-0.4, -0.2) is 28.5 Å². The third-order valence-corrected chi connectivity index (χ3v) is 6.83. The lowest BCUT2D eigenvalue weighted by molar-refractivity contribution is 0.0997. The number of aromatic nitrogens is 2. The molecule has 8 heteroatoms. The lowest BCUT2D eigenvalue weighted by Crippen LogP contribution is -2.29. The molecule has 6 nitrogen and oxygen atoms in total. The topological polar surface area (TPSA) is 107 Å². The van der Waals surface area contributed by atoms with Crippen molar-refractivity contribution in [3.8, 4) is 16.2 Å². The summed E-state index contributed by atoms with van der Waals surface area (Å²) < 4.78 is 6.89. The van der Waals surface area contributed by atoms with E-state index in [1.165, 1.54) is 11.3 Å². The molecule has 1 amide bonds. The Balaban J connectivity index is 1.73. The minimum atomic E-state index is -0.535. The van der Waals surface area contributed by atoms with Crippen molar-refractivity contribution in [2.24, 2.45) is 11.5 Å². The Morgan fingerprint density at radius 3 is 2.76 bits per heavy atom. The molecular weight excluding hydrogens is 452 g/mol. The zero-order chi connectivity index (χ0) is 20.4. The predicted molar refractivity (Wildman–Crippen MR) is 119 cm³/mol. The number of nitrogens with zero attached hydrogens (tertiary/aromatic N) is 1. The number of thiophene rings is 1. The number of hydrogen-bond acceptors (Lipinski definition) is 5. The van der Waals surface area contributed by atoms with Gasteiger partial charge in [0.2, 0.25) is 0 Å². The second kappa shape index (κ2) is 8.36. The highest BCUT2D eigenvalue weighted by Gasteiger charge is 2.25. The summed E-state index contributed by atoms with van der Waals surface area (Å²) in [4.78, 5) is 20.8. The number of amides is 1. The van der Waals surface area contributed by atoms with Crippen molar-refractivity contribution in [3.05, 3.63) is 69.8 Å². The minimum Gasteiger partial charge on any atom is -0.486 e. The first-order valence-electron chi connectivity index (χ1n) is 9.03. The molecule has 3 heterocycles. The molecule has 0 aliphatic rings. The van der Waals surface area contributed by atoms with Crippen molar-refractivity contribution in [1.82, 2.24) is 9.97 Å². The maximum Gasteiger partial charge on any atom is 0.262 e. The quantitative estimate of drug-likeness (QED) is 0.377. The highest BCUT2D eigenvalue weighted by molar-refractivity contribution is 9.10. The fourth-order valence-electron chi connectivity index (χ4n) is 3.21. The number of H-pyrrole nitrogens is 1. The average molecular weight is 471 g/mol. The lowest BCUT2D eigenvalue weighted by Gasteiger charge is -2.18. The van der Waals surface area contributed by atoms with Gasteiger partial charge >= 0.3 is 0 Å². The van der Waals surface area contributed by atoms with Gasteiger partial charge in [0.05, 0.1) is 9.35 Å². The normalized spacial score (nSPS) is 12.2. The van der Waals surface area contributed by atoms with Crippen LogP contribution in [0.15, 0.2) is 59.3 Å². The first kappa shape index (κ1) is 19.6. The van der Waals surface area contributed by atoms with E-state index in [4.69, 9.17) is 16.2 Å². The largest absolute Gasteiger partial charge is 0.486 e. The summed E-state index contributed by atoms with van der Waals surface area (Å²) in [5, 5.41) is 0.955. The molecule has 5 N–H and O–H groups in total. The molecule has 0 saturated heterocycles. The van der Waals surface area contributed by atoms with Gasteiger partial charge in [0.1, 0.15) is 16.6 Å². The maximum absolute atomic E-state index is 12.1. The Bertz CT molecular complexity index is 1160. The molecule has 1 atom stereocenters. The van der Waals surface area contributed by atoms with Crippen LogP contribution in [0.1, 0.15) is 15.2 Å². The van der Waals surface area contributed by atoms with E-state index in [0.29, 0.717) is 28.1 Å². The number of pyridine rings is 1. The lowest BCUT2D eigenvalue weighted by atomic mass is 10.1. The van der Waals surface area contributed by atoms with E-state index in [1.54, 1.807) is 6.20 Å². The molecule has 4 rings (SSSR count). The maximum atomic E-state index is 12.1. The van der Waals surface area contributed by atoms with E-state index in [9.17, 15) is 4.79 Å². The monoisotopic (exact) mass is 470 g/mol. The van der Waals surface area contributed by atoms with Gasteiger partial charge in [0.25, 0.3) is 5.91 Å². The van der Waals surface area contributed by atoms with Gasteiger partial charge in [0.15, 0.2) is 5.75 Å². The molecule has 0 radical (unpaired) electrons. The van der Waals surface area contributed by atoms with E-state index in [2.05, 4.69) is 25.9 Å². The third kappa shape index (κ3) is 3.91. The van der Waals surface area contributed by atoms with Crippen LogP contribution >= 0.6 is 27.3 Å². The van der Waals surface area contributed by atoms with Gasteiger partial charge in [-0.05, 0) is 33.6 Å². The minimum absolute atomic E-state index is 0.293. The van der Waals surface area contributed by atoms with Gasteiger partial charge in [-0.3, -0.25) is 4.79 Å². The summed E-state index contributed by atoms with van der Waals surface area (Å²) in [5.74, 6) is -0.101. The Hall–Kier alpha value is -2.68. The molecule has 1 unspecified atom stereocenters. The van der Waals surface area contributed by atoms with E-state index in [0.717, 1.165) is 27.0 Å². The molecule has 148 valence electrons. The number of benzene rings is 1. The van der Waals surface area contributed by atoms with Crippen molar-refractivity contribution >= 4 is 44.2 Å². The SMILES string of the molecule is NCC(Cc1ccccc1)Oc1c(C(N)=O)sc(-c2ccnc3[nH]ccc23)c1Br. The molecule has 0 bridgehead atoms. The van der Waals surface area contributed by atoms with Gasteiger partial charge in [-0.2, -0.15) is 0 Å². The number of nitrogens with two attached hydrogens (primary N) is 2. The summed E-state index contributed by atoms with van der Waals surface area (Å²) in [6.45, 7) is 0.308. The van der Waals surface area contributed by atoms with Crippen molar-refractivity contribution in [3.63, 3.8) is 0 Å². The number of rotatable bonds is 7. The van der Waals surface area contributed by atoms with E-state index < -0.39 is 5.91 Å². The van der Waals surface area contributed by atoms with Gasteiger partial charge in [-0.25, -0.2) is 4.98 Å². The van der Waals surface area contributed by atoms with E-state index >= 15 is 0 Å². The van der Waals surface area contributed by atoms with Crippen LogP contribution in [-0.2, 0) is 6.42 Å². The van der Waals surface area contributed by atoms with Gasteiger partial charge in [0, 0.05) is 36.3 Å². The summed E-state index contributed by atoms with van der Waals surface area (Å²) in [7, 11) is 0. The average Bonchev–Trinajstić information content (AvgIpc) is 3.33. The summed E-state index contributed by atoms with van der Waals surface area (Å²) in [6, 6.07) is 13.8. The number of halogens is 1. The number of nitrogens with one attached hydrogen (secondary N) is 1. The first-order chi connectivity index (χ1) is 14.1. The Kier molecular flexibility index (Phi) is 5.66. The van der Waals surface area contributed by atoms with E-state index in [1.807, 2.05) is 48.7 Å². The zero-order valence-electron chi connectivity index (χ0n) is 15.4. The number of carbonyl (C=O) groups is 1. The van der Waals surface area contributed by atoms with Gasteiger partial charge < -0.3 is 21.2 Å². The number of aromatic amines is 1.